The molecule has 2 aliphatic heterocycles. The van der Waals surface area contributed by atoms with Crippen molar-refractivity contribution in [2.75, 3.05) is 38.2 Å². The van der Waals surface area contributed by atoms with Crippen LogP contribution in [0.1, 0.15) is 30.0 Å². The molecule has 1 aromatic heterocycles. The molecule has 0 aromatic carbocycles. The van der Waals surface area contributed by atoms with Gasteiger partial charge in [-0.05, 0) is 19.8 Å². The van der Waals surface area contributed by atoms with E-state index in [1.807, 2.05) is 12.3 Å². The molecule has 2 fully saturated rings. The van der Waals surface area contributed by atoms with Gasteiger partial charge in [-0.1, -0.05) is 0 Å². The number of nitrogens with zero attached hydrogens (tertiary/aromatic N) is 3. The minimum Gasteiger partial charge on any atom is -0.363 e. The number of aromatic nitrogens is 1. The third kappa shape index (κ3) is 5.26. The van der Waals surface area contributed by atoms with Crippen molar-refractivity contribution in [3.63, 3.8) is 0 Å². The second-order valence-electron chi connectivity index (χ2n) is 7.34. The first kappa shape index (κ1) is 20.2. The van der Waals surface area contributed by atoms with Crippen LogP contribution < -0.4 is 0 Å². The Kier molecular flexibility index (Phi) is 5.87. The fraction of sp³-hybridized carbons (Fsp3) is 0.706. The van der Waals surface area contributed by atoms with E-state index in [0.29, 0.717) is 39.0 Å². The zero-order chi connectivity index (χ0) is 19.7. The molecule has 0 atom stereocenters. The Morgan fingerprint density at radius 2 is 2.07 bits per heavy atom. The molecule has 2 amide bonds. The molecule has 0 saturated carbocycles. The summed E-state index contributed by atoms with van der Waals surface area (Å²) in [5.41, 5.74) is 0.448. The Hall–Kier alpha value is -1.52. The molecular weight excluding hydrogens is 390 g/mol. The molecule has 3 rings (SSSR count). The molecule has 8 nitrogen and oxygen atoms in total. The molecule has 1 aromatic rings. The van der Waals surface area contributed by atoms with E-state index < -0.39 is 15.4 Å². The molecule has 10 heteroatoms. The maximum absolute atomic E-state index is 12.2. The largest absolute Gasteiger partial charge is 0.363 e. The Labute approximate surface area is 163 Å². The molecule has 27 heavy (non-hydrogen) atoms. The number of likely N-dealkylation sites (tertiary alicyclic amines) is 1. The maximum Gasteiger partial charge on any atom is 0.249 e. The normalized spacial score (nSPS) is 20.3. The van der Waals surface area contributed by atoms with E-state index in [-0.39, 0.29) is 30.6 Å². The number of amides is 2. The zero-order valence-electron chi connectivity index (χ0n) is 15.6. The number of piperidine rings is 1. The van der Waals surface area contributed by atoms with Crippen LogP contribution in [0.15, 0.2) is 5.38 Å². The summed E-state index contributed by atoms with van der Waals surface area (Å²) in [4.78, 5) is 32.4. The fourth-order valence-corrected chi connectivity index (χ4v) is 4.65. The van der Waals surface area contributed by atoms with Gasteiger partial charge in [-0.25, -0.2) is 13.4 Å². The number of rotatable bonds is 5. The van der Waals surface area contributed by atoms with Crippen LogP contribution in [-0.4, -0.2) is 78.9 Å². The molecule has 0 aliphatic carbocycles. The number of thiazole rings is 1. The summed E-state index contributed by atoms with van der Waals surface area (Å²) in [6.07, 6.45) is 2.42. The minimum absolute atomic E-state index is 0.0144. The van der Waals surface area contributed by atoms with Gasteiger partial charge in [0.25, 0.3) is 0 Å². The lowest BCUT2D eigenvalue weighted by atomic mass is 9.89. The first-order chi connectivity index (χ1) is 12.7. The predicted octanol–water partition coefficient (Wildman–Crippen LogP) is 0.606. The number of carbonyl (C=O) groups excluding carboxylic acids is 2. The van der Waals surface area contributed by atoms with Crippen molar-refractivity contribution >= 4 is 33.0 Å². The summed E-state index contributed by atoms with van der Waals surface area (Å²) in [5.74, 6) is -0.311. The van der Waals surface area contributed by atoms with Gasteiger partial charge in [0, 0.05) is 31.1 Å². The average Bonchev–Trinajstić information content (AvgIpc) is 3.01. The lowest BCUT2D eigenvalue weighted by Gasteiger charge is -2.46. The number of aryl methyl sites for hydroxylation is 1. The van der Waals surface area contributed by atoms with Gasteiger partial charge in [0.1, 0.15) is 16.4 Å². The molecule has 3 heterocycles. The second-order valence-corrected chi connectivity index (χ2v) is 10.7. The highest BCUT2D eigenvalue weighted by Crippen LogP contribution is 2.31. The van der Waals surface area contributed by atoms with Crippen molar-refractivity contribution in [2.24, 2.45) is 0 Å². The van der Waals surface area contributed by atoms with Crippen LogP contribution in [0, 0.1) is 6.92 Å². The van der Waals surface area contributed by atoms with Gasteiger partial charge in [0.15, 0.2) is 0 Å². The summed E-state index contributed by atoms with van der Waals surface area (Å²) >= 11 is 1.56. The lowest BCUT2D eigenvalue weighted by molar-refractivity contribution is -0.174. The Bertz CT molecular complexity index is 812. The average molecular weight is 416 g/mol. The van der Waals surface area contributed by atoms with Crippen molar-refractivity contribution in [1.82, 2.24) is 14.8 Å². The molecule has 0 N–H and O–H groups in total. The molecule has 150 valence electrons. The van der Waals surface area contributed by atoms with Crippen LogP contribution in [0.2, 0.25) is 0 Å². The van der Waals surface area contributed by atoms with Gasteiger partial charge in [-0.2, -0.15) is 0 Å². The quantitative estimate of drug-likeness (QED) is 0.699. The minimum atomic E-state index is -3.15. The van der Waals surface area contributed by atoms with Crippen LogP contribution in [0.4, 0.5) is 0 Å². The number of sulfone groups is 1. The molecule has 0 unspecified atom stereocenters. The number of hydrogen-bond donors (Lipinski definition) is 0. The van der Waals surface area contributed by atoms with Gasteiger partial charge in [-0.3, -0.25) is 9.59 Å². The van der Waals surface area contributed by atoms with Crippen molar-refractivity contribution in [2.45, 2.75) is 38.3 Å². The summed E-state index contributed by atoms with van der Waals surface area (Å²) in [5, 5.41) is 2.94. The number of ether oxygens (including phenoxy) is 1. The number of morpholine rings is 1. The molecule has 0 bridgehead atoms. The highest BCUT2D eigenvalue weighted by atomic mass is 32.2. The summed E-state index contributed by atoms with van der Waals surface area (Å²) < 4.78 is 28.4. The van der Waals surface area contributed by atoms with E-state index in [2.05, 4.69) is 4.98 Å². The van der Waals surface area contributed by atoms with Crippen molar-refractivity contribution < 1.29 is 22.7 Å². The Balaban J connectivity index is 1.56. The van der Waals surface area contributed by atoms with Crippen molar-refractivity contribution in [1.29, 1.82) is 0 Å². The van der Waals surface area contributed by atoms with Crippen LogP contribution in [0.5, 0.6) is 0 Å². The highest BCUT2D eigenvalue weighted by Gasteiger charge is 2.43. The van der Waals surface area contributed by atoms with E-state index in [0.717, 1.165) is 17.0 Å². The standard InChI is InChI=1S/C17H25N3O5S2/c1-13-18-14(11-26-13)9-20-12-17(25-10-16(20)22)4-6-19(7-5-17)15(21)3-8-27(2,23)24/h11H,3-10,12H2,1-2H3. The van der Waals surface area contributed by atoms with Crippen molar-refractivity contribution in [3.05, 3.63) is 16.1 Å². The molecule has 2 saturated heterocycles. The fourth-order valence-electron chi connectivity index (χ4n) is 3.51. The first-order valence-corrected chi connectivity index (χ1v) is 11.9. The SMILES string of the molecule is Cc1nc(CN2CC3(CCN(C(=O)CCS(C)(=O)=O)CC3)OCC2=O)cs1. The smallest absolute Gasteiger partial charge is 0.249 e. The van der Waals surface area contributed by atoms with Gasteiger partial charge >= 0.3 is 0 Å². The third-order valence-corrected chi connectivity index (χ3v) is 6.84. The van der Waals surface area contributed by atoms with Crippen LogP contribution in [-0.2, 0) is 30.7 Å². The van der Waals surface area contributed by atoms with E-state index >= 15 is 0 Å². The molecular formula is C17H25N3O5S2. The van der Waals surface area contributed by atoms with Crippen LogP contribution in [0.25, 0.3) is 0 Å². The number of carbonyl (C=O) groups is 2. The van der Waals surface area contributed by atoms with Gasteiger partial charge < -0.3 is 14.5 Å². The zero-order valence-corrected chi connectivity index (χ0v) is 17.3. The third-order valence-electron chi connectivity index (χ3n) is 5.07. The lowest BCUT2D eigenvalue weighted by Crippen LogP contribution is -2.59. The van der Waals surface area contributed by atoms with Crippen LogP contribution >= 0.6 is 11.3 Å². The van der Waals surface area contributed by atoms with E-state index in [4.69, 9.17) is 4.74 Å². The molecule has 2 aliphatic rings. The highest BCUT2D eigenvalue weighted by molar-refractivity contribution is 7.90. The summed E-state index contributed by atoms with van der Waals surface area (Å²) in [7, 11) is -3.15. The monoisotopic (exact) mass is 415 g/mol. The van der Waals surface area contributed by atoms with Crippen LogP contribution in [0.3, 0.4) is 0 Å². The molecule has 0 radical (unpaired) electrons. The van der Waals surface area contributed by atoms with Gasteiger partial charge in [0.2, 0.25) is 11.8 Å². The number of hydrogen-bond acceptors (Lipinski definition) is 7. The summed E-state index contributed by atoms with van der Waals surface area (Å²) in [6, 6.07) is 0. The second kappa shape index (κ2) is 7.84. The predicted molar refractivity (Wildman–Crippen MR) is 101 cm³/mol. The van der Waals surface area contributed by atoms with E-state index in [1.165, 1.54) is 0 Å². The van der Waals surface area contributed by atoms with Gasteiger partial charge in [-0.15, -0.1) is 11.3 Å². The summed E-state index contributed by atoms with van der Waals surface area (Å²) in [6.45, 7) is 3.98. The topological polar surface area (TPSA) is 96.9 Å². The van der Waals surface area contributed by atoms with E-state index in [9.17, 15) is 18.0 Å². The molecule has 1 spiro atoms. The first-order valence-electron chi connectivity index (χ1n) is 8.94. The maximum atomic E-state index is 12.2. The Morgan fingerprint density at radius 1 is 1.37 bits per heavy atom. The van der Waals surface area contributed by atoms with E-state index in [1.54, 1.807) is 21.1 Å². The van der Waals surface area contributed by atoms with Crippen molar-refractivity contribution in [3.8, 4) is 0 Å². The Morgan fingerprint density at radius 3 is 2.67 bits per heavy atom. The van der Waals surface area contributed by atoms with Gasteiger partial charge in [0.05, 0.1) is 35.1 Å².